The van der Waals surface area contributed by atoms with Crippen molar-refractivity contribution >= 4 is 28.3 Å². The molecule has 8 heteroatoms. The Bertz CT molecular complexity index is 1050. The number of amidine groups is 2. The van der Waals surface area contributed by atoms with Crippen LogP contribution in [0.3, 0.4) is 0 Å². The molecule has 3 rings (SSSR count). The first-order valence-electron chi connectivity index (χ1n) is 8.23. The first-order valence-corrected chi connectivity index (χ1v) is 8.23. The molecule has 3 aromatic rings. The predicted molar refractivity (Wildman–Crippen MR) is 104 cm³/mol. The largest absolute Gasteiger partial charge is 0.399 e. The highest BCUT2D eigenvalue weighted by molar-refractivity contribution is 6.14. The van der Waals surface area contributed by atoms with E-state index in [-0.39, 0.29) is 11.7 Å². The monoisotopic (exact) mass is 350 g/mol. The Kier molecular flexibility index (Phi) is 4.33. The Morgan fingerprint density at radius 1 is 1.31 bits per heavy atom. The zero-order valence-electron chi connectivity index (χ0n) is 15.1. The number of nitrogens with two attached hydrogens (primary N) is 2. The highest BCUT2D eigenvalue weighted by atomic mass is 15.3. The zero-order chi connectivity index (χ0) is 19.0. The third kappa shape index (κ3) is 2.97. The molecule has 0 saturated carbocycles. The van der Waals surface area contributed by atoms with E-state index in [0.717, 1.165) is 22.3 Å². The van der Waals surface area contributed by atoms with Gasteiger partial charge in [-0.15, -0.1) is 0 Å². The van der Waals surface area contributed by atoms with Gasteiger partial charge in [-0.3, -0.25) is 15.2 Å². The lowest BCUT2D eigenvalue weighted by Gasteiger charge is -2.08. The number of nitrogens with zero attached hydrogens (tertiary/aromatic N) is 4. The molecule has 0 radical (unpaired) electrons. The highest BCUT2D eigenvalue weighted by Gasteiger charge is 2.15. The van der Waals surface area contributed by atoms with E-state index >= 15 is 0 Å². The topological polar surface area (TPSA) is 135 Å². The van der Waals surface area contributed by atoms with E-state index < -0.39 is 0 Å². The minimum Gasteiger partial charge on any atom is -0.399 e. The lowest BCUT2D eigenvalue weighted by atomic mass is 10.0. The summed E-state index contributed by atoms with van der Waals surface area (Å²) < 4.78 is 1.76. The number of hydrogen-bond donors (Lipinski definition) is 4. The number of H-pyrrole nitrogens is 1. The molecule has 1 aromatic carbocycles. The molecule has 2 heterocycles. The number of rotatable bonds is 4. The van der Waals surface area contributed by atoms with Gasteiger partial charge in [0.2, 0.25) is 0 Å². The van der Waals surface area contributed by atoms with Crippen LogP contribution >= 0.6 is 0 Å². The molecule has 8 nitrogen and oxygen atoms in total. The van der Waals surface area contributed by atoms with Crippen LogP contribution in [0, 0.1) is 19.3 Å². The molecule has 26 heavy (non-hydrogen) atoms. The van der Waals surface area contributed by atoms with Gasteiger partial charge in [0.1, 0.15) is 11.2 Å². The molecule has 0 bridgehead atoms. The van der Waals surface area contributed by atoms with E-state index in [1.165, 1.54) is 0 Å². The standard InChI is InChI=1S/C18H22N8/c1-5-26-15(6-9(2)25-26)18(21)22-17(20)14-8-12(10(3)19)7-13-11(4)23-24-16(13)14/h6-8H,3,5,19H2,1-2,4H3,(H,23,24)(H3,20,21,22). The smallest absolute Gasteiger partial charge is 0.156 e. The van der Waals surface area contributed by atoms with Crippen LogP contribution in [0.5, 0.6) is 0 Å². The summed E-state index contributed by atoms with van der Waals surface area (Å²) in [6.45, 7) is 10.2. The molecular formula is C18H22N8. The minimum absolute atomic E-state index is 0.00334. The highest BCUT2D eigenvalue weighted by Crippen LogP contribution is 2.24. The number of aromatic amines is 1. The van der Waals surface area contributed by atoms with E-state index in [1.54, 1.807) is 10.7 Å². The lowest BCUT2D eigenvalue weighted by Crippen LogP contribution is -2.20. The van der Waals surface area contributed by atoms with Crippen LogP contribution in [0.2, 0.25) is 0 Å². The SMILES string of the molecule is C=C(N)c1cc(C(=N)N=C(N)c2cc(C)nn2CC)c2n[nH]c(C)c2c1. The van der Waals surface area contributed by atoms with E-state index in [0.29, 0.717) is 29.0 Å². The summed E-state index contributed by atoms with van der Waals surface area (Å²) in [5, 5.41) is 20.9. The van der Waals surface area contributed by atoms with Crippen molar-refractivity contribution in [1.82, 2.24) is 20.0 Å². The van der Waals surface area contributed by atoms with Crippen LogP contribution in [0.4, 0.5) is 0 Å². The zero-order valence-corrected chi connectivity index (χ0v) is 15.1. The number of fused-ring (bicyclic) bond motifs is 1. The molecule has 0 fully saturated rings. The maximum atomic E-state index is 8.45. The summed E-state index contributed by atoms with van der Waals surface area (Å²) in [6, 6.07) is 5.50. The molecule has 0 atom stereocenters. The van der Waals surface area contributed by atoms with Crippen molar-refractivity contribution in [3.63, 3.8) is 0 Å². The van der Waals surface area contributed by atoms with E-state index in [4.69, 9.17) is 16.9 Å². The molecule has 0 aliphatic carbocycles. The van der Waals surface area contributed by atoms with Gasteiger partial charge in [0, 0.05) is 28.9 Å². The molecule has 0 spiro atoms. The number of aryl methyl sites for hydroxylation is 3. The molecule has 0 unspecified atom stereocenters. The van der Waals surface area contributed by atoms with E-state index in [9.17, 15) is 0 Å². The first-order chi connectivity index (χ1) is 12.3. The molecule has 0 saturated heterocycles. The molecule has 0 aliphatic rings. The Balaban J connectivity index is 2.11. The van der Waals surface area contributed by atoms with Crippen molar-refractivity contribution in [2.75, 3.05) is 0 Å². The summed E-state index contributed by atoms with van der Waals surface area (Å²) in [6.07, 6.45) is 0. The second-order valence-electron chi connectivity index (χ2n) is 6.13. The Hall–Kier alpha value is -3.42. The number of aliphatic imine (C=N–C) groups is 1. The van der Waals surface area contributed by atoms with Crippen LogP contribution in [0.25, 0.3) is 16.6 Å². The number of nitrogens with one attached hydrogen (secondary N) is 2. The fourth-order valence-electron chi connectivity index (χ4n) is 2.84. The van der Waals surface area contributed by atoms with Crippen LogP contribution in [-0.2, 0) is 6.54 Å². The molecular weight excluding hydrogens is 328 g/mol. The average Bonchev–Trinajstić information content (AvgIpc) is 3.16. The third-order valence-electron chi connectivity index (χ3n) is 4.17. The van der Waals surface area contributed by atoms with Gasteiger partial charge in [0.05, 0.1) is 5.69 Å². The van der Waals surface area contributed by atoms with Crippen molar-refractivity contribution < 1.29 is 0 Å². The van der Waals surface area contributed by atoms with Crippen molar-refractivity contribution in [2.45, 2.75) is 27.3 Å². The van der Waals surface area contributed by atoms with Crippen molar-refractivity contribution in [3.05, 3.63) is 53.0 Å². The molecule has 2 aromatic heterocycles. The van der Waals surface area contributed by atoms with Crippen molar-refractivity contribution in [1.29, 1.82) is 5.41 Å². The second kappa shape index (κ2) is 6.47. The van der Waals surface area contributed by atoms with Crippen LogP contribution in [0.1, 0.15) is 35.1 Å². The van der Waals surface area contributed by atoms with Gasteiger partial charge in [-0.25, -0.2) is 4.99 Å². The fraction of sp³-hybridized carbons (Fsp3) is 0.222. The van der Waals surface area contributed by atoms with Crippen LogP contribution in [0.15, 0.2) is 29.8 Å². The Morgan fingerprint density at radius 2 is 2.04 bits per heavy atom. The first kappa shape index (κ1) is 17.4. The summed E-state index contributed by atoms with van der Waals surface area (Å²) in [5.74, 6) is 0.235. The van der Waals surface area contributed by atoms with Gasteiger partial charge >= 0.3 is 0 Å². The Morgan fingerprint density at radius 3 is 2.69 bits per heavy atom. The molecule has 0 aliphatic heterocycles. The quantitative estimate of drug-likeness (QED) is 0.423. The van der Waals surface area contributed by atoms with Gasteiger partial charge in [-0.05, 0) is 44.5 Å². The van der Waals surface area contributed by atoms with Gasteiger partial charge in [-0.1, -0.05) is 6.58 Å². The summed E-state index contributed by atoms with van der Waals surface area (Å²) in [4.78, 5) is 4.29. The lowest BCUT2D eigenvalue weighted by molar-refractivity contribution is 0.647. The number of benzene rings is 1. The van der Waals surface area contributed by atoms with Crippen LogP contribution < -0.4 is 11.5 Å². The average molecular weight is 350 g/mol. The summed E-state index contributed by atoms with van der Waals surface area (Å²) >= 11 is 0. The summed E-state index contributed by atoms with van der Waals surface area (Å²) in [7, 11) is 0. The predicted octanol–water partition coefficient (Wildman–Crippen LogP) is 2.06. The maximum absolute atomic E-state index is 8.45. The molecule has 6 N–H and O–H groups in total. The van der Waals surface area contributed by atoms with Gasteiger partial charge in [0.25, 0.3) is 0 Å². The number of hydrogen-bond acceptors (Lipinski definition) is 4. The third-order valence-corrected chi connectivity index (χ3v) is 4.17. The molecule has 134 valence electrons. The Labute approximate surface area is 151 Å². The van der Waals surface area contributed by atoms with E-state index in [2.05, 4.69) is 26.9 Å². The van der Waals surface area contributed by atoms with Gasteiger partial charge in [-0.2, -0.15) is 10.2 Å². The van der Waals surface area contributed by atoms with E-state index in [1.807, 2.05) is 32.9 Å². The summed E-state index contributed by atoms with van der Waals surface area (Å²) in [5.41, 5.74) is 16.7. The van der Waals surface area contributed by atoms with Crippen molar-refractivity contribution in [2.24, 2.45) is 16.5 Å². The van der Waals surface area contributed by atoms with Gasteiger partial charge < -0.3 is 11.5 Å². The maximum Gasteiger partial charge on any atom is 0.156 e. The molecule has 0 amide bonds. The second-order valence-corrected chi connectivity index (χ2v) is 6.13. The van der Waals surface area contributed by atoms with Crippen LogP contribution in [-0.4, -0.2) is 31.6 Å². The number of aromatic nitrogens is 4. The minimum atomic E-state index is 0.00334. The normalized spacial score (nSPS) is 11.9. The fourth-order valence-corrected chi connectivity index (χ4v) is 2.84. The van der Waals surface area contributed by atoms with Gasteiger partial charge in [0.15, 0.2) is 11.7 Å². The van der Waals surface area contributed by atoms with Crippen molar-refractivity contribution in [3.8, 4) is 0 Å².